The Kier molecular flexibility index (Phi) is 9.86. The highest BCUT2D eigenvalue weighted by Gasteiger charge is 2.26. The predicted molar refractivity (Wildman–Crippen MR) is 172 cm³/mol. The van der Waals surface area contributed by atoms with Crippen LogP contribution >= 0.6 is 0 Å². The van der Waals surface area contributed by atoms with Gasteiger partial charge in [-0.2, -0.15) is 0 Å². The number of benzene rings is 3. The van der Waals surface area contributed by atoms with Crippen molar-refractivity contribution in [3.8, 4) is 5.75 Å². The molecule has 43 heavy (non-hydrogen) atoms. The van der Waals surface area contributed by atoms with Crippen LogP contribution in [-0.4, -0.2) is 14.9 Å². The van der Waals surface area contributed by atoms with Gasteiger partial charge in [0.15, 0.2) is 0 Å². The van der Waals surface area contributed by atoms with Crippen LogP contribution in [0.25, 0.3) is 0 Å². The number of nitrogens with zero attached hydrogens (tertiary/aromatic N) is 3. The molecule has 5 heteroatoms. The highest BCUT2D eigenvalue weighted by molar-refractivity contribution is 5.30. The van der Waals surface area contributed by atoms with Crippen molar-refractivity contribution in [1.29, 1.82) is 0 Å². The highest BCUT2D eigenvalue weighted by Crippen LogP contribution is 2.34. The minimum atomic E-state index is 0.285. The molecule has 1 unspecified atom stereocenters. The fraction of sp³-hybridized carbons (Fsp3) is 0.263. The first-order valence-corrected chi connectivity index (χ1v) is 15.4. The van der Waals surface area contributed by atoms with Crippen LogP contribution < -0.4 is 10.1 Å². The zero-order valence-electron chi connectivity index (χ0n) is 24.7. The molecule has 0 saturated heterocycles. The number of aromatic nitrogens is 2. The lowest BCUT2D eigenvalue weighted by molar-refractivity contribution is 0.165. The second kappa shape index (κ2) is 14.7. The summed E-state index contributed by atoms with van der Waals surface area (Å²) < 4.78 is 6.06. The number of hydrogen-bond donors (Lipinski definition) is 1. The van der Waals surface area contributed by atoms with Crippen LogP contribution in [-0.2, 0) is 39.2 Å². The summed E-state index contributed by atoms with van der Waals surface area (Å²) in [7, 11) is 0. The molecule has 5 nitrogen and oxygen atoms in total. The lowest BCUT2D eigenvalue weighted by Gasteiger charge is -2.32. The number of nitrogens with one attached hydrogen (secondary N) is 1. The van der Waals surface area contributed by atoms with Crippen molar-refractivity contribution in [2.75, 3.05) is 0 Å². The van der Waals surface area contributed by atoms with Crippen LogP contribution in [0.15, 0.2) is 122 Å². The summed E-state index contributed by atoms with van der Waals surface area (Å²) in [4.78, 5) is 12.0. The van der Waals surface area contributed by atoms with E-state index < -0.39 is 0 Å². The van der Waals surface area contributed by atoms with Crippen molar-refractivity contribution in [2.45, 2.75) is 64.5 Å². The van der Waals surface area contributed by atoms with Crippen molar-refractivity contribution < 1.29 is 4.74 Å². The maximum Gasteiger partial charge on any atom is 0.119 e. The summed E-state index contributed by atoms with van der Waals surface area (Å²) in [5.41, 5.74) is 8.75. The van der Waals surface area contributed by atoms with Gasteiger partial charge in [0.25, 0.3) is 0 Å². The predicted octanol–water partition coefficient (Wildman–Crippen LogP) is 7.82. The number of pyridine rings is 2. The number of ether oxygens (including phenoxy) is 1. The molecule has 0 bridgehead atoms. The third-order valence-electron chi connectivity index (χ3n) is 8.18. The van der Waals surface area contributed by atoms with Gasteiger partial charge in [-0.3, -0.25) is 14.9 Å². The first-order valence-electron chi connectivity index (χ1n) is 15.4. The van der Waals surface area contributed by atoms with Gasteiger partial charge in [-0.1, -0.05) is 85.3 Å². The molecular formula is C38H40N4O. The molecule has 6 rings (SSSR count). The smallest absolute Gasteiger partial charge is 0.119 e. The van der Waals surface area contributed by atoms with Gasteiger partial charge in [-0.25, -0.2) is 0 Å². The highest BCUT2D eigenvalue weighted by atomic mass is 16.5. The Balaban J connectivity index is 1.15. The summed E-state index contributed by atoms with van der Waals surface area (Å²) in [5.74, 6) is 0.896. The van der Waals surface area contributed by atoms with Crippen LogP contribution in [0, 0.1) is 0 Å². The van der Waals surface area contributed by atoms with Gasteiger partial charge < -0.3 is 10.1 Å². The van der Waals surface area contributed by atoms with E-state index in [-0.39, 0.29) is 6.04 Å². The topological polar surface area (TPSA) is 50.3 Å². The molecule has 0 radical (unpaired) electrons. The minimum absolute atomic E-state index is 0.285. The van der Waals surface area contributed by atoms with Gasteiger partial charge in [0.05, 0.1) is 17.4 Å². The van der Waals surface area contributed by atoms with Crippen LogP contribution in [0.3, 0.4) is 0 Å². The van der Waals surface area contributed by atoms with Crippen molar-refractivity contribution in [1.82, 2.24) is 20.2 Å². The Morgan fingerprint density at radius 3 is 2.14 bits per heavy atom. The Hall–Kier alpha value is -4.32. The average Bonchev–Trinajstić information content (AvgIpc) is 3.29. The second-order valence-electron chi connectivity index (χ2n) is 11.4. The molecule has 0 amide bonds. The van der Waals surface area contributed by atoms with Gasteiger partial charge in [0.1, 0.15) is 12.4 Å². The molecule has 2 aromatic heterocycles. The molecular weight excluding hydrogens is 528 g/mol. The second-order valence-corrected chi connectivity index (χ2v) is 11.4. The summed E-state index contributed by atoms with van der Waals surface area (Å²) >= 11 is 0. The molecule has 1 aliphatic carbocycles. The zero-order chi connectivity index (χ0) is 29.1. The van der Waals surface area contributed by atoms with Crippen molar-refractivity contribution in [3.63, 3.8) is 0 Å². The van der Waals surface area contributed by atoms with E-state index in [0.717, 1.165) is 50.5 Å². The molecule has 1 aliphatic rings. The Bertz CT molecular complexity index is 1540. The molecule has 0 spiro atoms. The number of rotatable bonds is 12. The third kappa shape index (κ3) is 8.16. The summed E-state index contributed by atoms with van der Waals surface area (Å²) in [6, 6.07) is 38.6. The monoisotopic (exact) mass is 568 g/mol. The van der Waals surface area contributed by atoms with Crippen molar-refractivity contribution in [2.24, 2.45) is 0 Å². The standard InChI is InChI=1S/C38H40N4O/c1-2-9-33(10-3-1)29-43-36-21-19-32(20-22-36)28-42(37-14-5-4-11-34-12-8-24-41-38(34)37)27-31-17-15-30(16-18-31)25-39-26-35-13-6-7-23-40-35/h1-3,6-10,12-13,15-24,37,39H,4-5,11,14,25-29H2. The quantitative estimate of drug-likeness (QED) is 0.156. The van der Waals surface area contributed by atoms with Gasteiger partial charge in [-0.15, -0.1) is 0 Å². The lowest BCUT2D eigenvalue weighted by Crippen LogP contribution is -2.29. The molecule has 2 heterocycles. The Morgan fingerprint density at radius 2 is 1.37 bits per heavy atom. The van der Waals surface area contributed by atoms with Gasteiger partial charge in [0, 0.05) is 38.6 Å². The molecule has 0 aliphatic heterocycles. The van der Waals surface area contributed by atoms with Gasteiger partial charge in [-0.05, 0) is 77.4 Å². The SMILES string of the molecule is c1ccc(COc2ccc(CN(Cc3ccc(CNCc4ccccn4)cc3)C3CCCCc4cccnc43)cc2)cc1. The number of hydrogen-bond acceptors (Lipinski definition) is 5. The largest absolute Gasteiger partial charge is 0.489 e. The van der Waals surface area contributed by atoms with Crippen LogP contribution in [0.1, 0.15) is 64.5 Å². The van der Waals surface area contributed by atoms with E-state index in [1.165, 1.54) is 46.4 Å². The first-order chi connectivity index (χ1) is 21.3. The van der Waals surface area contributed by atoms with Crippen molar-refractivity contribution in [3.05, 3.63) is 161 Å². The molecule has 3 aromatic carbocycles. The Labute approximate surface area is 255 Å². The van der Waals surface area contributed by atoms with E-state index in [1.54, 1.807) is 0 Å². The average molecular weight is 569 g/mol. The number of fused-ring (bicyclic) bond motifs is 1. The maximum atomic E-state index is 6.06. The fourth-order valence-electron chi connectivity index (χ4n) is 5.89. The normalized spacial score (nSPS) is 14.7. The fourth-order valence-corrected chi connectivity index (χ4v) is 5.89. The van der Waals surface area contributed by atoms with Gasteiger partial charge in [0.2, 0.25) is 0 Å². The van der Waals surface area contributed by atoms with E-state index >= 15 is 0 Å². The minimum Gasteiger partial charge on any atom is -0.489 e. The van der Waals surface area contributed by atoms with Crippen LogP contribution in [0.5, 0.6) is 5.75 Å². The zero-order valence-corrected chi connectivity index (χ0v) is 24.7. The maximum absolute atomic E-state index is 6.06. The van der Waals surface area contributed by atoms with Crippen molar-refractivity contribution >= 4 is 0 Å². The molecule has 1 atom stereocenters. The van der Waals surface area contributed by atoms with E-state index in [1.807, 2.05) is 42.7 Å². The summed E-state index contributed by atoms with van der Waals surface area (Å²) in [6.07, 6.45) is 8.47. The van der Waals surface area contributed by atoms with Gasteiger partial charge >= 0.3 is 0 Å². The number of aryl methyl sites for hydroxylation is 1. The molecule has 0 saturated carbocycles. The lowest BCUT2D eigenvalue weighted by atomic mass is 10.0. The van der Waals surface area contributed by atoms with Crippen LogP contribution in [0.2, 0.25) is 0 Å². The molecule has 0 fully saturated rings. The molecule has 1 N–H and O–H groups in total. The Morgan fingerprint density at radius 1 is 0.651 bits per heavy atom. The summed E-state index contributed by atoms with van der Waals surface area (Å²) in [5, 5.41) is 3.51. The first kappa shape index (κ1) is 28.8. The van der Waals surface area contributed by atoms with E-state index in [2.05, 4.69) is 94.1 Å². The molecule has 218 valence electrons. The molecule has 5 aromatic rings. The van der Waals surface area contributed by atoms with E-state index in [4.69, 9.17) is 9.72 Å². The van der Waals surface area contributed by atoms with E-state index in [0.29, 0.717) is 6.61 Å². The van der Waals surface area contributed by atoms with Crippen LogP contribution in [0.4, 0.5) is 0 Å². The summed E-state index contributed by atoms with van der Waals surface area (Å²) in [6.45, 7) is 3.88. The third-order valence-corrected chi connectivity index (χ3v) is 8.18. The van der Waals surface area contributed by atoms with E-state index in [9.17, 15) is 0 Å².